The van der Waals surface area contributed by atoms with Gasteiger partial charge in [-0.3, -0.25) is 14.4 Å². The maximum Gasteiger partial charge on any atom is 0.237 e. The molecule has 1 aliphatic carbocycles. The van der Waals surface area contributed by atoms with Gasteiger partial charge in [-0.05, 0) is 53.6 Å². The van der Waals surface area contributed by atoms with Crippen LogP contribution in [-0.2, 0) is 19.8 Å². The topological polar surface area (TPSA) is 92.5 Å². The average molecular weight is 517 g/mol. The van der Waals surface area contributed by atoms with E-state index >= 15 is 0 Å². The molecule has 2 heterocycles. The van der Waals surface area contributed by atoms with Crippen LogP contribution in [0, 0.1) is 5.41 Å². The number of nitrogens with one attached hydrogen (secondary N) is 1. The summed E-state index contributed by atoms with van der Waals surface area (Å²) < 4.78 is 0.850. The van der Waals surface area contributed by atoms with Crippen molar-refractivity contribution in [1.82, 2.24) is 4.90 Å². The molecule has 5 rings (SSSR count). The molecule has 166 valence electrons. The van der Waals surface area contributed by atoms with Gasteiger partial charge in [0, 0.05) is 27.5 Å². The van der Waals surface area contributed by atoms with Crippen LogP contribution in [0.2, 0.25) is 5.02 Å². The molecular weight excluding hydrogens is 494 g/mol. The van der Waals surface area contributed by atoms with E-state index in [9.17, 15) is 14.4 Å². The Bertz CT molecular complexity index is 1160. The van der Waals surface area contributed by atoms with Crippen molar-refractivity contribution in [3.63, 3.8) is 0 Å². The third-order valence-electron chi connectivity index (χ3n) is 7.32. The number of amides is 3. The fourth-order valence-electron chi connectivity index (χ4n) is 5.83. The van der Waals surface area contributed by atoms with Gasteiger partial charge >= 0.3 is 0 Å². The van der Waals surface area contributed by atoms with Gasteiger partial charge in [0.1, 0.15) is 5.41 Å². The van der Waals surface area contributed by atoms with Crippen LogP contribution < -0.4 is 11.1 Å². The number of anilines is 1. The van der Waals surface area contributed by atoms with Crippen LogP contribution in [-0.4, -0.2) is 35.2 Å². The summed E-state index contributed by atoms with van der Waals surface area (Å²) in [7, 11) is 0. The van der Waals surface area contributed by atoms with Crippen molar-refractivity contribution in [3.8, 4) is 0 Å². The standard InChI is InChI=1S/C24H23BrClN3O3/c1-23(7-8-23)21-24(16-6-5-14(25)10-18(16)28-22(24)32)17(13-3-2-4-15(26)9-13)11-20(31)29(21)12-19(27)30/h2-6,9-10,17,21H,7-8,11-12H2,1H3,(H2,27,30)(H,28,32)/t17-,21+,24-/m0/s1. The third-order valence-corrected chi connectivity index (χ3v) is 8.05. The van der Waals surface area contributed by atoms with Gasteiger partial charge in [0.15, 0.2) is 0 Å². The molecule has 3 aliphatic rings. The predicted molar refractivity (Wildman–Crippen MR) is 125 cm³/mol. The third kappa shape index (κ3) is 3.09. The molecule has 1 saturated heterocycles. The molecule has 3 amide bonds. The highest BCUT2D eigenvalue weighted by atomic mass is 79.9. The second-order valence-corrected chi connectivity index (χ2v) is 10.7. The minimum atomic E-state index is -1.06. The number of carbonyl (C=O) groups is 3. The van der Waals surface area contributed by atoms with Crippen molar-refractivity contribution in [3.05, 3.63) is 63.1 Å². The van der Waals surface area contributed by atoms with Crippen LogP contribution in [0.15, 0.2) is 46.9 Å². The monoisotopic (exact) mass is 515 g/mol. The molecule has 0 bridgehead atoms. The Balaban J connectivity index is 1.81. The van der Waals surface area contributed by atoms with E-state index in [0.29, 0.717) is 5.02 Å². The van der Waals surface area contributed by atoms with Crippen molar-refractivity contribution in [1.29, 1.82) is 0 Å². The van der Waals surface area contributed by atoms with Gasteiger partial charge in [0.2, 0.25) is 17.7 Å². The number of nitrogens with two attached hydrogens (primary N) is 1. The fourth-order valence-corrected chi connectivity index (χ4v) is 6.39. The number of fused-ring (bicyclic) bond motifs is 2. The average Bonchev–Trinajstić information content (AvgIpc) is 3.40. The van der Waals surface area contributed by atoms with E-state index in [2.05, 4.69) is 28.2 Å². The van der Waals surface area contributed by atoms with Gasteiger partial charge in [0.05, 0.1) is 12.6 Å². The van der Waals surface area contributed by atoms with Crippen molar-refractivity contribution in [2.45, 2.75) is 43.6 Å². The number of benzene rings is 2. The summed E-state index contributed by atoms with van der Waals surface area (Å²) in [6.45, 7) is 1.88. The lowest BCUT2D eigenvalue weighted by atomic mass is 9.56. The van der Waals surface area contributed by atoms with E-state index < -0.39 is 23.3 Å². The van der Waals surface area contributed by atoms with Gasteiger partial charge in [-0.25, -0.2) is 0 Å². The Hall–Kier alpha value is -2.38. The zero-order chi connectivity index (χ0) is 22.8. The second-order valence-electron chi connectivity index (χ2n) is 9.37. The molecular formula is C24H23BrClN3O3. The maximum atomic E-state index is 14.0. The lowest BCUT2D eigenvalue weighted by Crippen LogP contribution is -2.67. The highest BCUT2D eigenvalue weighted by Crippen LogP contribution is 2.64. The van der Waals surface area contributed by atoms with Gasteiger partial charge < -0.3 is 16.0 Å². The first-order valence-corrected chi connectivity index (χ1v) is 11.8. The Morgan fingerprint density at radius 3 is 2.66 bits per heavy atom. The predicted octanol–water partition coefficient (Wildman–Crippen LogP) is 3.96. The lowest BCUT2D eigenvalue weighted by Gasteiger charge is -2.53. The number of nitrogens with zero attached hydrogens (tertiary/aromatic N) is 1. The van der Waals surface area contributed by atoms with E-state index in [1.54, 1.807) is 11.0 Å². The van der Waals surface area contributed by atoms with E-state index in [0.717, 1.165) is 34.1 Å². The Kier molecular flexibility index (Phi) is 4.91. The molecule has 2 aromatic carbocycles. The van der Waals surface area contributed by atoms with E-state index in [1.807, 2.05) is 36.4 Å². The molecule has 1 spiro atoms. The molecule has 0 aromatic heterocycles. The van der Waals surface area contributed by atoms with Crippen LogP contribution in [0.5, 0.6) is 0 Å². The van der Waals surface area contributed by atoms with E-state index in [4.69, 9.17) is 17.3 Å². The highest BCUT2D eigenvalue weighted by Gasteiger charge is 2.69. The Morgan fingerprint density at radius 2 is 2.00 bits per heavy atom. The van der Waals surface area contributed by atoms with E-state index in [1.165, 1.54) is 0 Å². The van der Waals surface area contributed by atoms with Crippen molar-refractivity contribution in [2.75, 3.05) is 11.9 Å². The maximum absolute atomic E-state index is 14.0. The molecule has 0 unspecified atom stereocenters. The Labute approximate surface area is 199 Å². The molecule has 2 fully saturated rings. The molecule has 3 N–H and O–H groups in total. The number of carbonyl (C=O) groups excluding carboxylic acids is 3. The molecule has 0 radical (unpaired) electrons. The smallest absolute Gasteiger partial charge is 0.237 e. The minimum absolute atomic E-state index is 0.0864. The Morgan fingerprint density at radius 1 is 1.25 bits per heavy atom. The number of piperidine rings is 1. The van der Waals surface area contributed by atoms with Crippen molar-refractivity contribution < 1.29 is 14.4 Å². The summed E-state index contributed by atoms with van der Waals surface area (Å²) in [5.41, 5.74) is 6.60. The molecule has 8 heteroatoms. The largest absolute Gasteiger partial charge is 0.368 e. The van der Waals surface area contributed by atoms with Gasteiger partial charge in [-0.2, -0.15) is 0 Å². The molecule has 2 aromatic rings. The number of halogens is 2. The molecule has 32 heavy (non-hydrogen) atoms. The summed E-state index contributed by atoms with van der Waals surface area (Å²) in [5, 5.41) is 3.62. The van der Waals surface area contributed by atoms with Gasteiger partial charge in [-0.15, -0.1) is 0 Å². The van der Waals surface area contributed by atoms with Crippen LogP contribution in [0.3, 0.4) is 0 Å². The fraction of sp³-hybridized carbons (Fsp3) is 0.375. The van der Waals surface area contributed by atoms with E-state index in [-0.39, 0.29) is 30.2 Å². The van der Waals surface area contributed by atoms with Crippen LogP contribution >= 0.6 is 27.5 Å². The first-order valence-electron chi connectivity index (χ1n) is 10.6. The minimum Gasteiger partial charge on any atom is -0.368 e. The number of hydrogen-bond acceptors (Lipinski definition) is 3. The normalized spacial score (nSPS) is 27.9. The molecule has 2 aliphatic heterocycles. The van der Waals surface area contributed by atoms with Gasteiger partial charge in [-0.1, -0.05) is 52.7 Å². The molecule has 3 atom stereocenters. The zero-order valence-corrected chi connectivity index (χ0v) is 19.9. The zero-order valence-electron chi connectivity index (χ0n) is 17.5. The summed E-state index contributed by atoms with van der Waals surface area (Å²) in [4.78, 5) is 41.0. The van der Waals surface area contributed by atoms with Crippen LogP contribution in [0.1, 0.15) is 43.2 Å². The van der Waals surface area contributed by atoms with Crippen LogP contribution in [0.4, 0.5) is 5.69 Å². The first kappa shape index (κ1) is 21.5. The number of primary amides is 1. The summed E-state index contributed by atoms with van der Waals surface area (Å²) in [5.74, 6) is -1.34. The summed E-state index contributed by atoms with van der Waals surface area (Å²) >= 11 is 9.82. The van der Waals surface area contributed by atoms with Crippen molar-refractivity contribution >= 4 is 50.9 Å². The molecule has 1 saturated carbocycles. The first-order chi connectivity index (χ1) is 15.2. The number of rotatable bonds is 4. The molecule has 6 nitrogen and oxygen atoms in total. The van der Waals surface area contributed by atoms with Crippen LogP contribution in [0.25, 0.3) is 0 Å². The lowest BCUT2D eigenvalue weighted by molar-refractivity contribution is -0.151. The second kappa shape index (κ2) is 7.32. The summed E-state index contributed by atoms with van der Waals surface area (Å²) in [6, 6.07) is 12.6. The summed E-state index contributed by atoms with van der Waals surface area (Å²) in [6.07, 6.45) is 1.82. The van der Waals surface area contributed by atoms with Gasteiger partial charge in [0.25, 0.3) is 0 Å². The van der Waals surface area contributed by atoms with Crippen molar-refractivity contribution in [2.24, 2.45) is 11.1 Å². The SMILES string of the molecule is CC1([C@H]2N(CC(N)=O)C(=O)C[C@@H](c3cccc(Cl)c3)[C@]23C(=O)Nc2cc(Br)ccc23)CC1. The highest BCUT2D eigenvalue weighted by molar-refractivity contribution is 9.10. The quantitative estimate of drug-likeness (QED) is 0.644. The number of hydrogen-bond donors (Lipinski definition) is 2. The number of likely N-dealkylation sites (tertiary alicyclic amines) is 1.